The van der Waals surface area contributed by atoms with Gasteiger partial charge in [-0.3, -0.25) is 4.79 Å². The third-order valence-electron chi connectivity index (χ3n) is 5.90. The molecule has 2 aliphatic rings. The number of aliphatic hydroxyl groups is 2. The number of carbonyl (C=O) groups excluding carboxylic acids is 1. The van der Waals surface area contributed by atoms with Gasteiger partial charge in [0, 0.05) is 26.2 Å². The van der Waals surface area contributed by atoms with Crippen LogP contribution in [-0.4, -0.2) is 35.9 Å². The summed E-state index contributed by atoms with van der Waals surface area (Å²) in [6.07, 6.45) is 14.2. The van der Waals surface area contributed by atoms with Crippen LogP contribution in [0.15, 0.2) is 0 Å². The lowest BCUT2D eigenvalue weighted by Crippen LogP contribution is -2.24. The number of hydrogen-bond acceptors (Lipinski definition) is 3. The van der Waals surface area contributed by atoms with Gasteiger partial charge >= 0.3 is 0 Å². The Bertz CT molecular complexity index is 362. The number of unbranched alkanes of at least 4 members (excludes halogenated alkanes) is 4. The number of rotatable bonds is 14. The lowest BCUT2D eigenvalue weighted by Gasteiger charge is -2.11. The second-order valence-corrected chi connectivity index (χ2v) is 8.04. The molecule has 0 aromatic rings. The van der Waals surface area contributed by atoms with Crippen molar-refractivity contribution in [3.8, 4) is 0 Å². The number of nitrogens with one attached hydrogen (secondary N) is 1. The maximum Gasteiger partial charge on any atom is 0.219 e. The van der Waals surface area contributed by atoms with E-state index in [0.717, 1.165) is 51.5 Å². The summed E-state index contributed by atoms with van der Waals surface area (Å²) in [7, 11) is 0. The molecule has 0 aliphatic heterocycles. The third-order valence-corrected chi connectivity index (χ3v) is 5.90. The quantitative estimate of drug-likeness (QED) is 0.430. The molecule has 0 aromatic heterocycles. The predicted octanol–water partition coefficient (Wildman–Crippen LogP) is 3.16. The zero-order chi connectivity index (χ0) is 16.6. The van der Waals surface area contributed by atoms with Crippen LogP contribution in [0.1, 0.15) is 83.5 Å². The number of aliphatic hydroxyl groups excluding tert-OH is 2. The molecule has 0 atom stereocenters. The van der Waals surface area contributed by atoms with Gasteiger partial charge in [0.05, 0.1) is 0 Å². The summed E-state index contributed by atoms with van der Waals surface area (Å²) in [6.45, 7) is 1.48. The van der Waals surface area contributed by atoms with Crippen LogP contribution >= 0.6 is 0 Å². The van der Waals surface area contributed by atoms with Gasteiger partial charge in [0.25, 0.3) is 0 Å². The molecule has 0 unspecified atom stereocenters. The van der Waals surface area contributed by atoms with Crippen LogP contribution in [0.5, 0.6) is 0 Å². The molecule has 2 fully saturated rings. The van der Waals surface area contributed by atoms with Gasteiger partial charge in [-0.15, -0.1) is 0 Å². The van der Waals surface area contributed by atoms with Crippen molar-refractivity contribution in [2.24, 2.45) is 10.8 Å². The summed E-state index contributed by atoms with van der Waals surface area (Å²) in [4.78, 5) is 11.7. The Kier molecular flexibility index (Phi) is 7.35. The molecule has 0 spiro atoms. The molecular weight excluding hydrogens is 290 g/mol. The Morgan fingerprint density at radius 1 is 0.783 bits per heavy atom. The van der Waals surface area contributed by atoms with Crippen molar-refractivity contribution in [2.45, 2.75) is 83.5 Å². The van der Waals surface area contributed by atoms with Gasteiger partial charge in [-0.2, -0.15) is 0 Å². The molecule has 0 saturated heterocycles. The average molecular weight is 325 g/mol. The van der Waals surface area contributed by atoms with Crippen molar-refractivity contribution in [3.05, 3.63) is 0 Å². The Balaban J connectivity index is 1.34. The lowest BCUT2D eigenvalue weighted by atomic mass is 9.99. The van der Waals surface area contributed by atoms with E-state index in [4.69, 9.17) is 0 Å². The highest BCUT2D eigenvalue weighted by Gasteiger charge is 2.41. The molecule has 4 nitrogen and oxygen atoms in total. The first-order valence-corrected chi connectivity index (χ1v) is 9.62. The van der Waals surface area contributed by atoms with E-state index in [2.05, 4.69) is 5.32 Å². The monoisotopic (exact) mass is 325 g/mol. The van der Waals surface area contributed by atoms with Crippen molar-refractivity contribution < 1.29 is 15.0 Å². The minimum atomic E-state index is 0.183. The van der Waals surface area contributed by atoms with Crippen molar-refractivity contribution in [1.29, 1.82) is 0 Å². The highest BCUT2D eigenvalue weighted by molar-refractivity contribution is 5.75. The van der Waals surface area contributed by atoms with Crippen molar-refractivity contribution in [1.82, 2.24) is 5.32 Å². The highest BCUT2D eigenvalue weighted by Crippen LogP contribution is 2.49. The lowest BCUT2D eigenvalue weighted by molar-refractivity contribution is -0.121. The summed E-state index contributed by atoms with van der Waals surface area (Å²) < 4.78 is 0. The van der Waals surface area contributed by atoms with Gasteiger partial charge in [0.15, 0.2) is 0 Å². The first-order valence-electron chi connectivity index (χ1n) is 9.62. The molecule has 134 valence electrons. The molecule has 0 heterocycles. The fourth-order valence-electron chi connectivity index (χ4n) is 3.41. The van der Waals surface area contributed by atoms with Gasteiger partial charge in [0.1, 0.15) is 0 Å². The van der Waals surface area contributed by atoms with Crippen LogP contribution in [0.3, 0.4) is 0 Å². The zero-order valence-corrected chi connectivity index (χ0v) is 14.6. The molecule has 0 aromatic carbocycles. The van der Waals surface area contributed by atoms with Gasteiger partial charge in [-0.25, -0.2) is 0 Å². The average Bonchev–Trinajstić information content (AvgIpc) is 3.47. The normalized spacial score (nSPS) is 20.3. The summed E-state index contributed by atoms with van der Waals surface area (Å²) in [5.41, 5.74) is 0.537. The molecule has 3 N–H and O–H groups in total. The van der Waals surface area contributed by atoms with E-state index in [1.165, 1.54) is 32.1 Å². The fourth-order valence-corrected chi connectivity index (χ4v) is 3.41. The van der Waals surface area contributed by atoms with Crippen LogP contribution in [-0.2, 0) is 4.79 Å². The molecule has 23 heavy (non-hydrogen) atoms. The maximum atomic E-state index is 11.7. The summed E-state index contributed by atoms with van der Waals surface area (Å²) in [5.74, 6) is 0.183. The van der Waals surface area contributed by atoms with E-state index in [-0.39, 0.29) is 16.7 Å². The van der Waals surface area contributed by atoms with Crippen LogP contribution in [0.25, 0.3) is 0 Å². The Morgan fingerprint density at radius 2 is 1.30 bits per heavy atom. The second kappa shape index (κ2) is 9.03. The van der Waals surface area contributed by atoms with Gasteiger partial charge in [-0.05, 0) is 62.2 Å². The van der Waals surface area contributed by atoms with E-state index in [1.54, 1.807) is 0 Å². The maximum absolute atomic E-state index is 11.7. The van der Waals surface area contributed by atoms with E-state index in [1.807, 2.05) is 0 Å². The minimum Gasteiger partial charge on any atom is -0.396 e. The van der Waals surface area contributed by atoms with Crippen LogP contribution < -0.4 is 5.32 Å². The number of amides is 1. The zero-order valence-electron chi connectivity index (χ0n) is 14.6. The number of hydrogen-bond donors (Lipinski definition) is 3. The Hall–Kier alpha value is -0.610. The van der Waals surface area contributed by atoms with E-state index in [9.17, 15) is 15.0 Å². The molecule has 2 saturated carbocycles. The van der Waals surface area contributed by atoms with Crippen molar-refractivity contribution >= 4 is 5.91 Å². The van der Waals surface area contributed by atoms with E-state index < -0.39 is 0 Å². The molecular formula is C19H35NO3. The van der Waals surface area contributed by atoms with E-state index >= 15 is 0 Å². The highest BCUT2D eigenvalue weighted by atomic mass is 16.3. The van der Waals surface area contributed by atoms with Gasteiger partial charge < -0.3 is 15.5 Å². The third kappa shape index (κ3) is 6.80. The topological polar surface area (TPSA) is 69.6 Å². The predicted molar refractivity (Wildman–Crippen MR) is 92.1 cm³/mol. The van der Waals surface area contributed by atoms with E-state index in [0.29, 0.717) is 19.6 Å². The first-order chi connectivity index (χ1) is 11.1. The molecule has 2 aliphatic carbocycles. The molecule has 2 rings (SSSR count). The Morgan fingerprint density at radius 3 is 1.78 bits per heavy atom. The van der Waals surface area contributed by atoms with Crippen molar-refractivity contribution in [3.63, 3.8) is 0 Å². The van der Waals surface area contributed by atoms with Crippen LogP contribution in [0.4, 0.5) is 0 Å². The molecule has 0 bridgehead atoms. The van der Waals surface area contributed by atoms with Crippen LogP contribution in [0, 0.1) is 10.8 Å². The minimum absolute atomic E-state index is 0.183. The van der Waals surface area contributed by atoms with Crippen molar-refractivity contribution in [2.75, 3.05) is 19.8 Å². The largest absolute Gasteiger partial charge is 0.396 e. The van der Waals surface area contributed by atoms with Gasteiger partial charge in [0.2, 0.25) is 5.91 Å². The SMILES string of the molecule is O=C(CCCCCC1(CO)CC1)NCCCCCC1(CO)CC1. The summed E-state index contributed by atoms with van der Waals surface area (Å²) >= 11 is 0. The molecule has 0 radical (unpaired) electrons. The van der Waals surface area contributed by atoms with Gasteiger partial charge in [-0.1, -0.05) is 25.7 Å². The second-order valence-electron chi connectivity index (χ2n) is 8.04. The summed E-state index contributed by atoms with van der Waals surface area (Å²) in [6, 6.07) is 0. The smallest absolute Gasteiger partial charge is 0.219 e. The number of carbonyl (C=O) groups is 1. The standard InChI is InChI=1S/C19H35NO3/c21-15-18(10-11-18)8-4-1-3-7-17(23)20-14-6-2-5-9-19(16-22)12-13-19/h21-22H,1-16H2,(H,20,23). The summed E-state index contributed by atoms with van der Waals surface area (Å²) in [5, 5.41) is 21.5. The first kappa shape index (κ1) is 18.7. The Labute approximate surface area is 141 Å². The molecule has 4 heteroatoms. The van der Waals surface area contributed by atoms with Crippen LogP contribution in [0.2, 0.25) is 0 Å². The molecule has 1 amide bonds. The fraction of sp³-hybridized carbons (Fsp3) is 0.947.